The second kappa shape index (κ2) is 10.1. The van der Waals surface area contributed by atoms with Crippen molar-refractivity contribution in [3.05, 3.63) is 82.9 Å². The summed E-state index contributed by atoms with van der Waals surface area (Å²) in [5.41, 5.74) is 2.50. The van der Waals surface area contributed by atoms with Crippen molar-refractivity contribution < 1.29 is 14.4 Å². The Morgan fingerprint density at radius 3 is 2.41 bits per heavy atom. The topological polar surface area (TPSA) is 111 Å². The van der Waals surface area contributed by atoms with Crippen LogP contribution in [-0.4, -0.2) is 65.3 Å². The molecule has 4 heterocycles. The van der Waals surface area contributed by atoms with Gasteiger partial charge in [-0.2, -0.15) is 4.98 Å². The molecule has 3 fully saturated rings. The summed E-state index contributed by atoms with van der Waals surface area (Å²) in [6.07, 6.45) is 1.63. The first-order chi connectivity index (χ1) is 18.9. The minimum absolute atomic E-state index is 0.0234. The Bertz CT molecular complexity index is 1450. The van der Waals surface area contributed by atoms with Gasteiger partial charge in [0, 0.05) is 56.9 Å². The van der Waals surface area contributed by atoms with E-state index in [1.54, 1.807) is 6.08 Å². The van der Waals surface area contributed by atoms with Crippen LogP contribution in [0.1, 0.15) is 11.3 Å². The van der Waals surface area contributed by atoms with Gasteiger partial charge in [-0.1, -0.05) is 48.5 Å². The molecular weight excluding hydrogens is 514 g/mol. The van der Waals surface area contributed by atoms with Gasteiger partial charge in [-0.3, -0.25) is 14.9 Å². The summed E-state index contributed by atoms with van der Waals surface area (Å²) in [4.78, 5) is 52.2. The van der Waals surface area contributed by atoms with Gasteiger partial charge in [0.25, 0.3) is 11.1 Å². The summed E-state index contributed by atoms with van der Waals surface area (Å²) < 4.78 is 0. The average Bonchev–Trinajstić information content (AvgIpc) is 3.19. The van der Waals surface area contributed by atoms with Crippen LogP contribution in [0.25, 0.3) is 6.08 Å². The lowest BCUT2D eigenvalue weighted by atomic mass is 9.73. The van der Waals surface area contributed by atoms with E-state index in [4.69, 9.17) is 9.97 Å². The number of nitrogens with zero attached hydrogens (tertiary/aromatic N) is 5. The molecule has 11 heteroatoms. The van der Waals surface area contributed by atoms with Crippen LogP contribution in [0.2, 0.25) is 0 Å². The van der Waals surface area contributed by atoms with Crippen LogP contribution < -0.4 is 20.4 Å². The third-order valence-electron chi connectivity index (χ3n) is 7.00. The number of thioether (sulfide) groups is 1. The van der Waals surface area contributed by atoms with Crippen molar-refractivity contribution >= 4 is 52.5 Å². The van der Waals surface area contributed by atoms with Crippen molar-refractivity contribution in [1.29, 1.82) is 0 Å². The third-order valence-corrected chi connectivity index (χ3v) is 7.81. The highest BCUT2D eigenvalue weighted by Crippen LogP contribution is 2.41. The molecule has 0 saturated carbocycles. The van der Waals surface area contributed by atoms with Crippen LogP contribution in [0.4, 0.5) is 27.0 Å². The number of imide groups is 1. The molecule has 3 aliphatic heterocycles. The van der Waals surface area contributed by atoms with Gasteiger partial charge in [-0.15, -0.1) is 0 Å². The molecule has 3 aliphatic rings. The molecule has 198 valence electrons. The summed E-state index contributed by atoms with van der Waals surface area (Å²) in [6, 6.07) is 21.3. The highest BCUT2D eigenvalue weighted by Gasteiger charge is 2.54. The van der Waals surface area contributed by atoms with Crippen molar-refractivity contribution in [1.82, 2.24) is 20.2 Å². The number of amides is 4. The van der Waals surface area contributed by atoms with E-state index >= 15 is 0 Å². The number of anilines is 3. The van der Waals surface area contributed by atoms with Crippen LogP contribution in [0, 0.1) is 5.41 Å². The largest absolute Gasteiger partial charge is 0.355 e. The maximum atomic E-state index is 12.6. The summed E-state index contributed by atoms with van der Waals surface area (Å²) in [5, 5.41) is 4.83. The van der Waals surface area contributed by atoms with Crippen LogP contribution >= 0.6 is 11.8 Å². The maximum Gasteiger partial charge on any atom is 0.321 e. The molecule has 2 aromatic carbocycles. The Morgan fingerprint density at radius 1 is 1.05 bits per heavy atom. The molecule has 0 aliphatic carbocycles. The number of rotatable bonds is 6. The van der Waals surface area contributed by atoms with Crippen molar-refractivity contribution in [2.45, 2.75) is 6.54 Å². The van der Waals surface area contributed by atoms with Gasteiger partial charge in [-0.25, -0.2) is 9.78 Å². The second-order valence-corrected chi connectivity index (χ2v) is 11.2. The fourth-order valence-electron chi connectivity index (χ4n) is 5.08. The Morgan fingerprint density at radius 2 is 1.74 bits per heavy atom. The third kappa shape index (κ3) is 5.30. The fraction of sp³-hybridized carbons (Fsp3) is 0.250. The predicted molar refractivity (Wildman–Crippen MR) is 151 cm³/mol. The number of urea groups is 1. The first-order valence-electron chi connectivity index (χ1n) is 12.6. The van der Waals surface area contributed by atoms with Crippen molar-refractivity contribution in [2.75, 3.05) is 48.3 Å². The number of hydrogen-bond acceptors (Lipinski definition) is 8. The molecule has 0 unspecified atom stereocenters. The number of benzene rings is 2. The number of carbonyl (C=O) groups is 3. The predicted octanol–water partition coefficient (Wildman–Crippen LogP) is 3.79. The molecular formula is C28H27N7O3S. The molecule has 0 radical (unpaired) electrons. The summed E-state index contributed by atoms with van der Waals surface area (Å²) in [7, 11) is 1.96. The summed E-state index contributed by atoms with van der Waals surface area (Å²) in [6.45, 7) is 3.46. The minimum Gasteiger partial charge on any atom is -0.355 e. The Balaban J connectivity index is 1.17. The van der Waals surface area contributed by atoms with Crippen molar-refractivity contribution in [3.63, 3.8) is 0 Å². The number of hydrogen-bond donors (Lipinski definition) is 2. The van der Waals surface area contributed by atoms with E-state index in [1.807, 2.05) is 71.4 Å². The van der Waals surface area contributed by atoms with E-state index in [0.717, 1.165) is 36.1 Å². The number of nitrogens with one attached hydrogen (secondary N) is 2. The van der Waals surface area contributed by atoms with E-state index in [0.29, 0.717) is 42.0 Å². The molecule has 6 rings (SSSR count). The Hall–Kier alpha value is -4.38. The molecule has 0 atom stereocenters. The second-order valence-electron chi connectivity index (χ2n) is 10.2. The Kier molecular flexibility index (Phi) is 6.43. The highest BCUT2D eigenvalue weighted by molar-refractivity contribution is 8.18. The zero-order valence-electron chi connectivity index (χ0n) is 21.3. The normalized spacial score (nSPS) is 18.5. The van der Waals surface area contributed by atoms with Crippen LogP contribution in [-0.2, 0) is 11.3 Å². The quantitative estimate of drug-likeness (QED) is 0.454. The smallest absolute Gasteiger partial charge is 0.321 e. The first-order valence-corrected chi connectivity index (χ1v) is 13.4. The Labute approximate surface area is 230 Å². The number of aromatic nitrogens is 2. The van der Waals surface area contributed by atoms with Crippen molar-refractivity contribution in [3.8, 4) is 0 Å². The highest BCUT2D eigenvalue weighted by atomic mass is 32.2. The zero-order chi connectivity index (χ0) is 27.0. The molecule has 39 heavy (non-hydrogen) atoms. The van der Waals surface area contributed by atoms with E-state index in [1.165, 1.54) is 0 Å². The lowest BCUT2D eigenvalue weighted by Crippen LogP contribution is -2.73. The van der Waals surface area contributed by atoms with Gasteiger partial charge >= 0.3 is 6.03 Å². The SMILES string of the molecule is CN(Cc1ccccc1)c1cc(C=C2SC(=O)NC2=O)nc(N2CC3(CN(C(=O)Nc4ccccc4)C3)C2)n1. The number of para-hydroxylation sites is 1. The average molecular weight is 542 g/mol. The fourth-order valence-corrected chi connectivity index (χ4v) is 5.75. The van der Waals surface area contributed by atoms with Gasteiger partial charge in [0.2, 0.25) is 5.95 Å². The van der Waals surface area contributed by atoms with Crippen LogP contribution in [0.5, 0.6) is 0 Å². The lowest BCUT2D eigenvalue weighted by molar-refractivity contribution is -0.115. The zero-order valence-corrected chi connectivity index (χ0v) is 22.1. The summed E-state index contributed by atoms with van der Waals surface area (Å²) in [5.74, 6) is 0.853. The van der Waals surface area contributed by atoms with E-state index in [9.17, 15) is 14.4 Å². The molecule has 10 nitrogen and oxygen atoms in total. The monoisotopic (exact) mass is 541 g/mol. The van der Waals surface area contributed by atoms with Gasteiger partial charge in [-0.05, 0) is 35.5 Å². The lowest BCUT2D eigenvalue weighted by Gasteiger charge is -2.59. The summed E-state index contributed by atoms with van der Waals surface area (Å²) >= 11 is 0.866. The van der Waals surface area contributed by atoms with Gasteiger partial charge < -0.3 is 20.0 Å². The van der Waals surface area contributed by atoms with Gasteiger partial charge in [0.05, 0.1) is 10.6 Å². The molecule has 3 saturated heterocycles. The molecule has 4 amide bonds. The maximum absolute atomic E-state index is 12.6. The molecule has 1 spiro atoms. The molecule has 1 aromatic heterocycles. The first kappa shape index (κ1) is 24.9. The molecule has 3 aromatic rings. The van der Waals surface area contributed by atoms with Crippen LogP contribution in [0.3, 0.4) is 0 Å². The van der Waals surface area contributed by atoms with E-state index < -0.39 is 11.1 Å². The van der Waals surface area contributed by atoms with Crippen molar-refractivity contribution in [2.24, 2.45) is 5.41 Å². The van der Waals surface area contributed by atoms with E-state index in [2.05, 4.69) is 27.7 Å². The van der Waals surface area contributed by atoms with Gasteiger partial charge in [0.15, 0.2) is 0 Å². The minimum atomic E-state index is -0.421. The van der Waals surface area contributed by atoms with Gasteiger partial charge in [0.1, 0.15) is 5.82 Å². The number of likely N-dealkylation sites (tertiary alicyclic amines) is 1. The molecule has 0 bridgehead atoms. The van der Waals surface area contributed by atoms with Crippen LogP contribution in [0.15, 0.2) is 71.6 Å². The van der Waals surface area contributed by atoms with E-state index in [-0.39, 0.29) is 11.4 Å². The standard InChI is InChI=1S/C28H27N7O3S/c1-33(14-19-8-4-2-5-9-19)23-13-21(12-22-24(36)32-27(38)39-22)29-25(31-23)34-15-28(16-34)17-35(18-28)26(37)30-20-10-6-3-7-11-20/h2-13H,14-18H2,1H3,(H,30,37)(H,32,36,38). The number of carbonyl (C=O) groups excluding carboxylic acids is 3. The molecule has 2 N–H and O–H groups in total.